The lowest BCUT2D eigenvalue weighted by Gasteiger charge is -2.12. The molecule has 0 saturated heterocycles. The van der Waals surface area contributed by atoms with Crippen molar-refractivity contribution in [2.45, 2.75) is 18.4 Å². The summed E-state index contributed by atoms with van der Waals surface area (Å²) in [5.41, 5.74) is 0.859. The zero-order chi connectivity index (χ0) is 13.7. The first kappa shape index (κ1) is 15.2. The van der Waals surface area contributed by atoms with Crippen LogP contribution in [0.25, 0.3) is 0 Å². The van der Waals surface area contributed by atoms with Gasteiger partial charge in [0.05, 0.1) is 13.5 Å². The van der Waals surface area contributed by atoms with Gasteiger partial charge in [0.25, 0.3) is 0 Å². The van der Waals surface area contributed by atoms with Crippen molar-refractivity contribution in [2.24, 2.45) is 0 Å². The van der Waals surface area contributed by atoms with E-state index in [1.54, 1.807) is 0 Å². The van der Waals surface area contributed by atoms with Gasteiger partial charge < -0.3 is 9.47 Å². The quantitative estimate of drug-likeness (QED) is 0.606. The molecule has 18 heavy (non-hydrogen) atoms. The van der Waals surface area contributed by atoms with E-state index in [4.69, 9.17) is 11.6 Å². The molecule has 0 atom stereocenters. The summed E-state index contributed by atoms with van der Waals surface area (Å²) in [5.74, 6) is -0.517. The van der Waals surface area contributed by atoms with Crippen molar-refractivity contribution in [1.29, 1.82) is 0 Å². The number of alkyl halides is 3. The lowest BCUT2D eigenvalue weighted by Crippen LogP contribution is -2.08. The summed E-state index contributed by atoms with van der Waals surface area (Å²) in [4.78, 5) is 11.1. The van der Waals surface area contributed by atoms with Crippen LogP contribution in [0.15, 0.2) is 12.1 Å². The third-order valence-corrected chi connectivity index (χ3v) is 3.11. The summed E-state index contributed by atoms with van der Waals surface area (Å²) < 4.78 is 33.3. The average Bonchev–Trinajstić information content (AvgIpc) is 2.32. The Bertz CT molecular complexity index is 441. The molecule has 1 aromatic carbocycles. The van der Waals surface area contributed by atoms with Gasteiger partial charge in [0, 0.05) is 15.9 Å². The second-order valence-electron chi connectivity index (χ2n) is 3.32. The fraction of sp³-hybridized carbons (Fsp3) is 0.364. The van der Waals surface area contributed by atoms with Crippen LogP contribution in [0.3, 0.4) is 0 Å². The maximum absolute atomic E-state index is 12.2. The Morgan fingerprint density at radius 1 is 1.44 bits per heavy atom. The Labute approximate surface area is 116 Å². The van der Waals surface area contributed by atoms with Crippen molar-refractivity contribution in [2.75, 3.05) is 7.11 Å². The molecule has 0 heterocycles. The number of hydrogen-bond donors (Lipinski definition) is 0. The Kier molecular flexibility index (Phi) is 5.81. The van der Waals surface area contributed by atoms with Gasteiger partial charge in [0.15, 0.2) is 0 Å². The zero-order valence-corrected chi connectivity index (χ0v) is 11.7. The largest absolute Gasteiger partial charge is 0.469 e. The minimum absolute atomic E-state index is 0.00909. The summed E-state index contributed by atoms with van der Waals surface area (Å²) in [6, 6.07) is 2.80. The molecule has 0 bridgehead atoms. The summed E-state index contributed by atoms with van der Waals surface area (Å²) in [6.45, 7) is -2.94. The minimum Gasteiger partial charge on any atom is -0.469 e. The summed E-state index contributed by atoms with van der Waals surface area (Å²) >= 11 is 9.09. The number of methoxy groups -OCH3 is 1. The van der Waals surface area contributed by atoms with E-state index in [1.807, 2.05) is 0 Å². The van der Waals surface area contributed by atoms with Crippen molar-refractivity contribution in [1.82, 2.24) is 0 Å². The van der Waals surface area contributed by atoms with Gasteiger partial charge in [-0.1, -0.05) is 27.5 Å². The highest BCUT2D eigenvalue weighted by Gasteiger charge is 2.15. The number of carbonyl (C=O) groups excluding carboxylic acids is 1. The Hall–Kier alpha value is -0.880. The maximum atomic E-state index is 12.2. The van der Waals surface area contributed by atoms with Gasteiger partial charge in [0.1, 0.15) is 5.75 Å². The highest BCUT2D eigenvalue weighted by atomic mass is 79.9. The number of hydrogen-bond acceptors (Lipinski definition) is 3. The van der Waals surface area contributed by atoms with Crippen LogP contribution >= 0.6 is 27.5 Å². The van der Waals surface area contributed by atoms with E-state index in [0.29, 0.717) is 21.5 Å². The third-order valence-electron chi connectivity index (χ3n) is 2.15. The topological polar surface area (TPSA) is 35.5 Å². The number of esters is 1. The average molecular weight is 344 g/mol. The Morgan fingerprint density at radius 2 is 2.11 bits per heavy atom. The molecule has 0 aromatic heterocycles. The highest BCUT2D eigenvalue weighted by molar-refractivity contribution is 9.08. The first-order valence-corrected chi connectivity index (χ1v) is 6.36. The van der Waals surface area contributed by atoms with Gasteiger partial charge >= 0.3 is 12.6 Å². The van der Waals surface area contributed by atoms with Crippen LogP contribution in [0.1, 0.15) is 11.1 Å². The number of rotatable bonds is 5. The second-order valence-corrected chi connectivity index (χ2v) is 4.28. The van der Waals surface area contributed by atoms with Crippen molar-refractivity contribution in [3.05, 3.63) is 28.3 Å². The summed E-state index contributed by atoms with van der Waals surface area (Å²) in [7, 11) is 1.24. The second kappa shape index (κ2) is 6.89. The molecule has 0 fully saturated rings. The highest BCUT2D eigenvalue weighted by Crippen LogP contribution is 2.30. The first-order chi connectivity index (χ1) is 8.47. The van der Waals surface area contributed by atoms with Gasteiger partial charge in [0.2, 0.25) is 0 Å². The molecule has 0 N–H and O–H groups in total. The number of benzene rings is 1. The van der Waals surface area contributed by atoms with Gasteiger partial charge in [-0.05, 0) is 17.7 Å². The Balaban J connectivity index is 3.08. The van der Waals surface area contributed by atoms with Gasteiger partial charge in [-0.2, -0.15) is 8.78 Å². The van der Waals surface area contributed by atoms with Crippen LogP contribution in [-0.4, -0.2) is 19.7 Å². The van der Waals surface area contributed by atoms with Crippen LogP contribution in [0, 0.1) is 0 Å². The molecule has 0 unspecified atom stereocenters. The fourth-order valence-corrected chi connectivity index (χ4v) is 2.00. The predicted molar refractivity (Wildman–Crippen MR) is 66.4 cm³/mol. The molecule has 0 spiro atoms. The van der Waals surface area contributed by atoms with Gasteiger partial charge in [-0.3, -0.25) is 4.79 Å². The van der Waals surface area contributed by atoms with Crippen LogP contribution in [0.2, 0.25) is 5.02 Å². The van der Waals surface area contributed by atoms with Crippen LogP contribution < -0.4 is 4.74 Å². The van der Waals surface area contributed by atoms with Gasteiger partial charge in [-0.15, -0.1) is 0 Å². The molecular weight excluding hydrogens is 333 g/mol. The van der Waals surface area contributed by atoms with E-state index >= 15 is 0 Å². The standard InChI is InChI=1S/C11H10BrClF2O3/c1-17-10(16)4-6-3-9(18-11(14)15)7(5-12)2-8(6)13/h2-3,11H,4-5H2,1H3. The number of halogens is 4. The van der Waals surface area contributed by atoms with E-state index in [0.717, 1.165) is 0 Å². The molecule has 100 valence electrons. The van der Waals surface area contributed by atoms with Crippen LogP contribution in [0.4, 0.5) is 8.78 Å². The van der Waals surface area contributed by atoms with Gasteiger partial charge in [-0.25, -0.2) is 0 Å². The van der Waals surface area contributed by atoms with Crippen molar-refractivity contribution < 1.29 is 23.0 Å². The smallest absolute Gasteiger partial charge is 0.387 e. The molecule has 0 radical (unpaired) electrons. The molecule has 1 rings (SSSR count). The summed E-state index contributed by atoms with van der Waals surface area (Å²) in [6.07, 6.45) is -0.0997. The zero-order valence-electron chi connectivity index (χ0n) is 9.38. The van der Waals surface area contributed by atoms with Crippen LogP contribution in [0.5, 0.6) is 5.75 Å². The van der Waals surface area contributed by atoms with Crippen LogP contribution in [-0.2, 0) is 21.3 Å². The van der Waals surface area contributed by atoms with E-state index in [9.17, 15) is 13.6 Å². The molecule has 0 aliphatic rings. The predicted octanol–water partition coefficient (Wildman–Crippen LogP) is 3.55. The third kappa shape index (κ3) is 4.10. The van der Waals surface area contributed by atoms with E-state index in [1.165, 1.54) is 19.2 Å². The molecule has 0 aliphatic carbocycles. The van der Waals surface area contributed by atoms with E-state index < -0.39 is 12.6 Å². The molecule has 0 amide bonds. The molecule has 3 nitrogen and oxygen atoms in total. The van der Waals surface area contributed by atoms with Crippen molar-refractivity contribution >= 4 is 33.5 Å². The maximum Gasteiger partial charge on any atom is 0.387 e. The number of ether oxygens (including phenoxy) is 2. The lowest BCUT2D eigenvalue weighted by molar-refractivity contribution is -0.139. The minimum atomic E-state index is -2.94. The Morgan fingerprint density at radius 3 is 2.61 bits per heavy atom. The fourth-order valence-electron chi connectivity index (χ4n) is 1.31. The summed E-state index contributed by atoms with van der Waals surface area (Å²) in [5, 5.41) is 0.615. The lowest BCUT2D eigenvalue weighted by atomic mass is 10.1. The monoisotopic (exact) mass is 342 g/mol. The number of carbonyl (C=O) groups is 1. The SMILES string of the molecule is COC(=O)Cc1cc(OC(F)F)c(CBr)cc1Cl. The van der Waals surface area contributed by atoms with Crippen molar-refractivity contribution in [3.63, 3.8) is 0 Å². The van der Waals surface area contributed by atoms with Crippen molar-refractivity contribution in [3.8, 4) is 5.75 Å². The molecule has 1 aromatic rings. The molecule has 0 aliphatic heterocycles. The first-order valence-electron chi connectivity index (χ1n) is 4.86. The van der Waals surface area contributed by atoms with E-state index in [2.05, 4.69) is 25.4 Å². The molecular formula is C11H10BrClF2O3. The molecule has 7 heteroatoms. The molecule has 0 saturated carbocycles. The normalized spacial score (nSPS) is 10.6. The van der Waals surface area contributed by atoms with E-state index in [-0.39, 0.29) is 12.2 Å².